The van der Waals surface area contributed by atoms with Gasteiger partial charge in [-0.1, -0.05) is 24.3 Å². The molecule has 3 heteroatoms. The number of rotatable bonds is 4. The van der Waals surface area contributed by atoms with E-state index in [0.717, 1.165) is 30.6 Å². The van der Waals surface area contributed by atoms with Crippen LogP contribution in [0.4, 0.5) is 0 Å². The molecule has 0 heterocycles. The Bertz CT molecular complexity index is 478. The largest absolute Gasteiger partial charge is 0.497 e. The molecule has 0 saturated carbocycles. The average Bonchev–Trinajstić information content (AvgIpc) is 2.53. The highest BCUT2D eigenvalue weighted by molar-refractivity contribution is 5.79. The van der Waals surface area contributed by atoms with Crippen molar-refractivity contribution in [3.05, 3.63) is 42.0 Å². The molecule has 1 aliphatic carbocycles. The molecule has 1 aliphatic rings. The first-order valence-corrected chi connectivity index (χ1v) is 7.19. The maximum atomic E-state index is 12.5. The highest BCUT2D eigenvalue weighted by Gasteiger charge is 2.25. The topological polar surface area (TPSA) is 29.5 Å². The van der Waals surface area contributed by atoms with Crippen LogP contribution in [0.2, 0.25) is 0 Å². The molecule has 0 bridgehead atoms. The van der Waals surface area contributed by atoms with Crippen LogP contribution in [0.3, 0.4) is 0 Å². The summed E-state index contributed by atoms with van der Waals surface area (Å²) in [6.07, 6.45) is 7.14. The van der Waals surface area contributed by atoms with Gasteiger partial charge in [0.2, 0.25) is 5.91 Å². The molecule has 2 atom stereocenters. The predicted octanol–water partition coefficient (Wildman–Crippen LogP) is 3.57. The van der Waals surface area contributed by atoms with E-state index in [2.05, 4.69) is 19.1 Å². The van der Waals surface area contributed by atoms with E-state index in [4.69, 9.17) is 4.74 Å². The van der Waals surface area contributed by atoms with Crippen LogP contribution in [-0.4, -0.2) is 25.0 Å². The van der Waals surface area contributed by atoms with Gasteiger partial charge in [0.1, 0.15) is 5.75 Å². The number of hydrogen-bond acceptors (Lipinski definition) is 2. The lowest BCUT2D eigenvalue weighted by atomic mass is 9.92. The summed E-state index contributed by atoms with van der Waals surface area (Å²) in [6, 6.07) is 8.00. The lowest BCUT2D eigenvalue weighted by molar-refractivity contribution is -0.136. The van der Waals surface area contributed by atoms with E-state index in [-0.39, 0.29) is 17.9 Å². The monoisotopic (exact) mass is 273 g/mol. The molecule has 108 valence electrons. The molecule has 1 aromatic carbocycles. The molecule has 1 aromatic rings. The number of hydrogen-bond donors (Lipinski definition) is 0. The van der Waals surface area contributed by atoms with Gasteiger partial charge in [-0.3, -0.25) is 4.79 Å². The maximum absolute atomic E-state index is 12.5. The average molecular weight is 273 g/mol. The Kier molecular flexibility index (Phi) is 4.83. The van der Waals surface area contributed by atoms with Crippen LogP contribution in [0.5, 0.6) is 5.75 Å². The van der Waals surface area contributed by atoms with Crippen LogP contribution >= 0.6 is 0 Å². The SMILES string of the molecule is COc1ccc(C(C)N(C)C(=O)C2CC=CCC2)cc1. The summed E-state index contributed by atoms with van der Waals surface area (Å²) in [4.78, 5) is 14.4. The molecule has 2 rings (SSSR count). The summed E-state index contributed by atoms with van der Waals surface area (Å²) >= 11 is 0. The molecular weight excluding hydrogens is 250 g/mol. The summed E-state index contributed by atoms with van der Waals surface area (Å²) in [7, 11) is 3.56. The van der Waals surface area contributed by atoms with Crippen molar-refractivity contribution < 1.29 is 9.53 Å². The fourth-order valence-electron chi connectivity index (χ4n) is 2.60. The van der Waals surface area contributed by atoms with Crippen LogP contribution in [0.15, 0.2) is 36.4 Å². The van der Waals surface area contributed by atoms with Gasteiger partial charge < -0.3 is 9.64 Å². The van der Waals surface area contributed by atoms with Crippen molar-refractivity contribution in [1.29, 1.82) is 0 Å². The molecule has 1 amide bonds. The summed E-state index contributed by atoms with van der Waals surface area (Å²) in [5.41, 5.74) is 1.13. The third kappa shape index (κ3) is 3.21. The molecule has 0 fully saturated rings. The van der Waals surface area contributed by atoms with Gasteiger partial charge >= 0.3 is 0 Å². The Balaban J connectivity index is 2.04. The fraction of sp³-hybridized carbons (Fsp3) is 0.471. The van der Waals surface area contributed by atoms with Gasteiger partial charge in [0, 0.05) is 13.0 Å². The quantitative estimate of drug-likeness (QED) is 0.785. The van der Waals surface area contributed by atoms with Gasteiger partial charge in [-0.25, -0.2) is 0 Å². The van der Waals surface area contributed by atoms with Gasteiger partial charge in [-0.15, -0.1) is 0 Å². The van der Waals surface area contributed by atoms with Crippen molar-refractivity contribution in [2.24, 2.45) is 5.92 Å². The minimum Gasteiger partial charge on any atom is -0.497 e. The first kappa shape index (κ1) is 14.6. The zero-order chi connectivity index (χ0) is 14.5. The van der Waals surface area contributed by atoms with Crippen molar-refractivity contribution in [2.45, 2.75) is 32.2 Å². The number of amides is 1. The van der Waals surface area contributed by atoms with E-state index in [0.29, 0.717) is 0 Å². The zero-order valence-corrected chi connectivity index (χ0v) is 12.5. The Morgan fingerprint density at radius 1 is 1.30 bits per heavy atom. The van der Waals surface area contributed by atoms with E-state index >= 15 is 0 Å². The Hall–Kier alpha value is -1.77. The molecule has 0 aromatic heterocycles. The van der Waals surface area contributed by atoms with Gasteiger partial charge in [0.15, 0.2) is 0 Å². The second kappa shape index (κ2) is 6.60. The first-order chi connectivity index (χ1) is 9.63. The summed E-state index contributed by atoms with van der Waals surface area (Å²) in [5.74, 6) is 1.23. The van der Waals surface area contributed by atoms with Crippen molar-refractivity contribution in [3.8, 4) is 5.75 Å². The fourth-order valence-corrected chi connectivity index (χ4v) is 2.60. The number of methoxy groups -OCH3 is 1. The molecule has 0 spiro atoms. The summed E-state index contributed by atoms with van der Waals surface area (Å²) in [6.45, 7) is 2.07. The van der Waals surface area contributed by atoms with Crippen molar-refractivity contribution in [2.75, 3.05) is 14.2 Å². The molecule has 0 saturated heterocycles. The van der Waals surface area contributed by atoms with Crippen molar-refractivity contribution in [3.63, 3.8) is 0 Å². The standard InChI is InChI=1S/C17H23NO2/c1-13(14-9-11-16(20-3)12-10-14)18(2)17(19)15-7-5-4-6-8-15/h4-5,9-13,15H,6-8H2,1-3H3. The smallest absolute Gasteiger partial charge is 0.226 e. The minimum absolute atomic E-state index is 0.0827. The summed E-state index contributed by atoms with van der Waals surface area (Å²) in [5, 5.41) is 0. The third-order valence-electron chi connectivity index (χ3n) is 4.15. The lowest BCUT2D eigenvalue weighted by Gasteiger charge is -2.30. The number of carbonyl (C=O) groups is 1. The zero-order valence-electron chi connectivity index (χ0n) is 12.5. The van der Waals surface area contributed by atoms with E-state index in [1.165, 1.54) is 0 Å². The van der Waals surface area contributed by atoms with Crippen LogP contribution in [0.1, 0.15) is 37.8 Å². The molecular formula is C17H23NO2. The molecule has 20 heavy (non-hydrogen) atoms. The molecule has 0 radical (unpaired) electrons. The highest BCUT2D eigenvalue weighted by Crippen LogP contribution is 2.26. The van der Waals surface area contributed by atoms with Gasteiger partial charge in [-0.2, -0.15) is 0 Å². The minimum atomic E-state index is 0.0827. The number of benzene rings is 1. The summed E-state index contributed by atoms with van der Waals surface area (Å²) < 4.78 is 5.16. The molecule has 2 unspecified atom stereocenters. The van der Waals surface area contributed by atoms with Crippen LogP contribution in [0, 0.1) is 5.92 Å². The van der Waals surface area contributed by atoms with E-state index in [1.807, 2.05) is 36.2 Å². The molecule has 0 N–H and O–H groups in total. The first-order valence-electron chi connectivity index (χ1n) is 7.19. The Morgan fingerprint density at radius 3 is 2.55 bits per heavy atom. The molecule has 3 nitrogen and oxygen atoms in total. The van der Waals surface area contributed by atoms with Gasteiger partial charge in [0.05, 0.1) is 13.2 Å². The predicted molar refractivity (Wildman–Crippen MR) is 80.7 cm³/mol. The lowest BCUT2D eigenvalue weighted by Crippen LogP contribution is -2.35. The number of carbonyl (C=O) groups excluding carboxylic acids is 1. The number of ether oxygens (including phenoxy) is 1. The third-order valence-corrected chi connectivity index (χ3v) is 4.15. The Labute approximate surface area is 121 Å². The number of allylic oxidation sites excluding steroid dienone is 2. The molecule has 0 aliphatic heterocycles. The maximum Gasteiger partial charge on any atom is 0.226 e. The van der Waals surface area contributed by atoms with Crippen molar-refractivity contribution in [1.82, 2.24) is 4.90 Å². The Morgan fingerprint density at radius 2 is 2.00 bits per heavy atom. The number of nitrogens with zero attached hydrogens (tertiary/aromatic N) is 1. The van der Waals surface area contributed by atoms with Crippen LogP contribution < -0.4 is 4.74 Å². The van der Waals surface area contributed by atoms with Crippen LogP contribution in [-0.2, 0) is 4.79 Å². The van der Waals surface area contributed by atoms with Gasteiger partial charge in [0.25, 0.3) is 0 Å². The highest BCUT2D eigenvalue weighted by atomic mass is 16.5. The van der Waals surface area contributed by atoms with Gasteiger partial charge in [-0.05, 0) is 43.9 Å². The second-order valence-corrected chi connectivity index (χ2v) is 5.38. The van der Waals surface area contributed by atoms with E-state index in [1.54, 1.807) is 7.11 Å². The van der Waals surface area contributed by atoms with Crippen LogP contribution in [0.25, 0.3) is 0 Å². The second-order valence-electron chi connectivity index (χ2n) is 5.38. The van der Waals surface area contributed by atoms with Crippen molar-refractivity contribution >= 4 is 5.91 Å². The normalized spacial score (nSPS) is 19.4. The van der Waals surface area contributed by atoms with E-state index < -0.39 is 0 Å². The van der Waals surface area contributed by atoms with E-state index in [9.17, 15) is 4.79 Å².